The molecule has 34 heavy (non-hydrogen) atoms. The van der Waals surface area contributed by atoms with Gasteiger partial charge in [0.2, 0.25) is 0 Å². The Hall–Kier alpha value is -3.69. The monoisotopic (exact) mass is 470 g/mol. The molecular weight excluding hydrogens is 440 g/mol. The predicted molar refractivity (Wildman–Crippen MR) is 128 cm³/mol. The van der Waals surface area contributed by atoms with Crippen LogP contribution in [0.1, 0.15) is 51.5 Å². The van der Waals surface area contributed by atoms with Crippen molar-refractivity contribution < 1.29 is 24.3 Å². The van der Waals surface area contributed by atoms with Crippen molar-refractivity contribution >= 4 is 28.7 Å². The molecule has 1 aliphatic rings. The van der Waals surface area contributed by atoms with Gasteiger partial charge >= 0.3 is 5.97 Å². The van der Waals surface area contributed by atoms with E-state index in [0.29, 0.717) is 30.1 Å². The molecule has 182 valence electrons. The number of carboxylic acids is 1. The number of rotatable bonds is 9. The second-order valence-electron chi connectivity index (χ2n) is 8.96. The quantitative estimate of drug-likeness (QED) is 0.271. The second-order valence-corrected chi connectivity index (χ2v) is 8.96. The number of aliphatic carboxylic acids is 1. The van der Waals surface area contributed by atoms with Crippen molar-refractivity contribution in [2.45, 2.75) is 51.5 Å². The molecule has 2 aromatic carbocycles. The maximum absolute atomic E-state index is 11.0. The number of anilines is 1. The molecule has 0 saturated carbocycles. The van der Waals surface area contributed by atoms with Crippen molar-refractivity contribution in [2.75, 3.05) is 25.7 Å². The lowest BCUT2D eigenvalue weighted by Gasteiger charge is -2.47. The molecule has 10 heteroatoms. The van der Waals surface area contributed by atoms with Gasteiger partial charge in [0.25, 0.3) is 5.69 Å². The molecule has 0 fully saturated rings. The van der Waals surface area contributed by atoms with E-state index in [0.717, 1.165) is 17.7 Å². The number of hydrogen-bond acceptors (Lipinski definition) is 8. The molecular formula is C24H30N4O6. The van der Waals surface area contributed by atoms with Gasteiger partial charge in [0.1, 0.15) is 17.1 Å². The predicted octanol–water partition coefficient (Wildman–Crippen LogP) is 5.98. The fraction of sp³-hybridized carbons (Fsp3) is 0.458. The lowest BCUT2D eigenvalue weighted by molar-refractivity contribution is -0.384. The average molecular weight is 471 g/mol. The Morgan fingerprint density at radius 1 is 1.18 bits per heavy atom. The summed E-state index contributed by atoms with van der Waals surface area (Å²) in [6.07, 6.45) is 1.54. The van der Waals surface area contributed by atoms with E-state index in [9.17, 15) is 14.9 Å². The number of carboxylic acid groups (broad SMARTS) is 1. The molecule has 0 saturated heterocycles. The molecule has 1 N–H and O–H groups in total. The second kappa shape index (κ2) is 10.1. The highest BCUT2D eigenvalue weighted by Gasteiger charge is 2.37. The van der Waals surface area contributed by atoms with Gasteiger partial charge in [-0.15, -0.1) is 10.2 Å². The van der Waals surface area contributed by atoms with E-state index in [1.165, 1.54) is 25.3 Å². The Bertz CT molecular complexity index is 1110. The third kappa shape index (κ3) is 5.27. The summed E-state index contributed by atoms with van der Waals surface area (Å²) in [4.78, 5) is 23.8. The smallest absolute Gasteiger partial charge is 0.303 e. The number of nitro benzene ring substituents is 1. The summed E-state index contributed by atoms with van der Waals surface area (Å²) in [7, 11) is 2.97. The number of non-ortho nitro benzene ring substituents is 1. The summed E-state index contributed by atoms with van der Waals surface area (Å²) >= 11 is 0. The van der Waals surface area contributed by atoms with E-state index in [4.69, 9.17) is 14.6 Å². The van der Waals surface area contributed by atoms with Crippen LogP contribution in [0.25, 0.3) is 0 Å². The van der Waals surface area contributed by atoms with E-state index in [2.05, 4.69) is 35.9 Å². The first kappa shape index (κ1) is 24.9. The first-order valence-electron chi connectivity index (χ1n) is 11.0. The highest BCUT2D eigenvalue weighted by Crippen LogP contribution is 2.48. The van der Waals surface area contributed by atoms with Crippen LogP contribution in [0, 0.1) is 10.1 Å². The number of hydrogen-bond donors (Lipinski definition) is 1. The Morgan fingerprint density at radius 2 is 1.82 bits per heavy atom. The zero-order valence-electron chi connectivity index (χ0n) is 20.1. The Labute approximate surface area is 198 Å². The number of azo groups is 1. The van der Waals surface area contributed by atoms with Gasteiger partial charge in [-0.25, -0.2) is 0 Å². The highest BCUT2D eigenvalue weighted by atomic mass is 16.6. The van der Waals surface area contributed by atoms with E-state index < -0.39 is 10.9 Å². The third-order valence-electron chi connectivity index (χ3n) is 6.10. The van der Waals surface area contributed by atoms with Crippen LogP contribution in [-0.4, -0.2) is 42.3 Å². The summed E-state index contributed by atoms with van der Waals surface area (Å²) in [6.45, 7) is 7.09. The van der Waals surface area contributed by atoms with Crippen LogP contribution in [0.2, 0.25) is 0 Å². The highest BCUT2D eigenvalue weighted by molar-refractivity contribution is 5.70. The summed E-state index contributed by atoms with van der Waals surface area (Å²) in [5, 5.41) is 28.7. The molecule has 0 aliphatic carbocycles. The van der Waals surface area contributed by atoms with Crippen molar-refractivity contribution in [1.82, 2.24) is 0 Å². The van der Waals surface area contributed by atoms with Gasteiger partial charge in [0, 0.05) is 36.3 Å². The molecule has 0 bridgehead atoms. The van der Waals surface area contributed by atoms with Gasteiger partial charge in [-0.05, 0) is 50.3 Å². The zero-order valence-corrected chi connectivity index (χ0v) is 20.1. The molecule has 3 rings (SSSR count). The van der Waals surface area contributed by atoms with Gasteiger partial charge < -0.3 is 19.5 Å². The van der Waals surface area contributed by atoms with Crippen molar-refractivity contribution in [3.8, 4) is 11.5 Å². The largest absolute Gasteiger partial charge is 0.494 e. The molecule has 10 nitrogen and oxygen atoms in total. The molecule has 0 spiro atoms. The summed E-state index contributed by atoms with van der Waals surface area (Å²) in [5.41, 5.74) is 2.72. The Kier molecular flexibility index (Phi) is 7.38. The SMILES string of the molecule is COc1cc([N+](=O)[O-])ccc1N=Nc1cc2c(cc1OC)N(CCCC(=O)O)C(C)(C)CC2C. The number of methoxy groups -OCH3 is 2. The molecule has 0 amide bonds. The topological polar surface area (TPSA) is 127 Å². The molecule has 1 heterocycles. The lowest BCUT2D eigenvalue weighted by Crippen LogP contribution is -2.48. The minimum Gasteiger partial charge on any atom is -0.494 e. The number of carbonyl (C=O) groups is 1. The summed E-state index contributed by atoms with van der Waals surface area (Å²) in [5.74, 6) is 0.207. The molecule has 2 aromatic rings. The molecule has 1 atom stereocenters. The summed E-state index contributed by atoms with van der Waals surface area (Å²) in [6, 6.07) is 8.01. The van der Waals surface area contributed by atoms with Gasteiger partial charge in [0.15, 0.2) is 5.75 Å². The maximum atomic E-state index is 11.0. The van der Waals surface area contributed by atoms with Crippen LogP contribution in [0.15, 0.2) is 40.6 Å². The molecule has 1 aliphatic heterocycles. The first-order chi connectivity index (χ1) is 16.1. The number of fused-ring (bicyclic) bond motifs is 1. The van der Waals surface area contributed by atoms with Crippen molar-refractivity contribution in [2.24, 2.45) is 10.2 Å². The third-order valence-corrected chi connectivity index (χ3v) is 6.10. The summed E-state index contributed by atoms with van der Waals surface area (Å²) < 4.78 is 10.8. The number of ether oxygens (including phenoxy) is 2. The van der Waals surface area contributed by atoms with Gasteiger partial charge in [0.05, 0.1) is 25.2 Å². The van der Waals surface area contributed by atoms with Crippen LogP contribution < -0.4 is 14.4 Å². The fourth-order valence-electron chi connectivity index (χ4n) is 4.52. The molecule has 0 aromatic heterocycles. The minimum atomic E-state index is -0.807. The van der Waals surface area contributed by atoms with Crippen molar-refractivity contribution in [1.29, 1.82) is 0 Å². The molecule has 1 unspecified atom stereocenters. The maximum Gasteiger partial charge on any atom is 0.303 e. The first-order valence-corrected chi connectivity index (χ1v) is 11.0. The van der Waals surface area contributed by atoms with Gasteiger partial charge in [-0.1, -0.05) is 6.92 Å². The average Bonchev–Trinajstić information content (AvgIpc) is 2.78. The number of nitro groups is 1. The van der Waals surface area contributed by atoms with Crippen LogP contribution >= 0.6 is 0 Å². The van der Waals surface area contributed by atoms with Crippen LogP contribution in [0.4, 0.5) is 22.7 Å². The van der Waals surface area contributed by atoms with Crippen molar-refractivity contribution in [3.05, 3.63) is 46.0 Å². The van der Waals surface area contributed by atoms with Gasteiger partial charge in [-0.2, -0.15) is 0 Å². The standard InChI is InChI=1S/C24H30N4O6/c1-15-14-24(2,3)27(10-6-7-23(29)30)20-13-22(34-5)19(12-17(15)20)26-25-18-9-8-16(28(31)32)11-21(18)33-4/h8-9,11-13,15H,6-7,10,14H2,1-5H3,(H,29,30). The van der Waals surface area contributed by atoms with Crippen molar-refractivity contribution in [3.63, 3.8) is 0 Å². The Balaban J connectivity index is 2.00. The number of benzene rings is 2. The van der Waals surface area contributed by atoms with Crippen LogP contribution in [0.3, 0.4) is 0 Å². The minimum absolute atomic E-state index is 0.0957. The van der Waals surface area contributed by atoms with Gasteiger partial charge in [-0.3, -0.25) is 14.9 Å². The van der Waals surface area contributed by atoms with E-state index in [1.54, 1.807) is 7.11 Å². The van der Waals surface area contributed by atoms with Crippen LogP contribution in [-0.2, 0) is 4.79 Å². The fourth-order valence-corrected chi connectivity index (χ4v) is 4.52. The Morgan fingerprint density at radius 3 is 2.44 bits per heavy atom. The zero-order chi connectivity index (χ0) is 25.0. The van der Waals surface area contributed by atoms with E-state index in [-0.39, 0.29) is 29.3 Å². The number of nitrogens with zero attached hydrogens (tertiary/aromatic N) is 4. The van der Waals surface area contributed by atoms with E-state index in [1.807, 2.05) is 12.1 Å². The molecule has 0 radical (unpaired) electrons. The lowest BCUT2D eigenvalue weighted by atomic mass is 9.79. The van der Waals surface area contributed by atoms with E-state index >= 15 is 0 Å². The normalized spacial score (nSPS) is 16.9. The van der Waals surface area contributed by atoms with Crippen LogP contribution in [0.5, 0.6) is 11.5 Å².